The lowest BCUT2D eigenvalue weighted by Gasteiger charge is -2.29. The van der Waals surface area contributed by atoms with E-state index in [1.165, 1.54) is 43.9 Å². The van der Waals surface area contributed by atoms with Crippen LogP contribution in [0.2, 0.25) is 0 Å². The number of anilines is 7. The summed E-state index contributed by atoms with van der Waals surface area (Å²) < 4.78 is 0. The molecule has 0 aliphatic carbocycles. The van der Waals surface area contributed by atoms with Crippen LogP contribution in [0.1, 0.15) is 23.6 Å². The van der Waals surface area contributed by atoms with E-state index in [0.717, 1.165) is 51.8 Å². The van der Waals surface area contributed by atoms with Crippen molar-refractivity contribution in [3.8, 4) is 11.1 Å². The third kappa shape index (κ3) is 6.57. The highest BCUT2D eigenvalue weighted by Crippen LogP contribution is 2.43. The summed E-state index contributed by atoms with van der Waals surface area (Å²) in [4.78, 5) is 7.04. The van der Waals surface area contributed by atoms with Gasteiger partial charge in [-0.1, -0.05) is 114 Å². The molecule has 0 spiro atoms. The molecule has 0 atom stereocenters. The molecule has 0 unspecified atom stereocenters. The van der Waals surface area contributed by atoms with Gasteiger partial charge in [0.25, 0.3) is 0 Å². The minimum absolute atomic E-state index is 0.501. The molecule has 0 aliphatic rings. The van der Waals surface area contributed by atoms with Crippen LogP contribution in [0.5, 0.6) is 0 Å². The molecule has 0 bridgehead atoms. The smallest absolute Gasteiger partial charge is 0.0541 e. The first kappa shape index (κ1) is 34.7. The third-order valence-corrected chi connectivity index (χ3v) is 10.6. The van der Waals surface area contributed by atoms with Gasteiger partial charge in [0.05, 0.1) is 11.4 Å². The van der Waals surface area contributed by atoms with E-state index in [1.807, 2.05) is 0 Å². The predicted octanol–water partition coefficient (Wildman–Crippen LogP) is 13.1. The Bertz CT molecular complexity index is 2540. The highest BCUT2D eigenvalue weighted by Gasteiger charge is 2.19. The Labute approximate surface area is 319 Å². The van der Waals surface area contributed by atoms with Crippen molar-refractivity contribution in [3.05, 3.63) is 187 Å². The second kappa shape index (κ2) is 14.9. The molecule has 0 aliphatic heterocycles. The zero-order valence-electron chi connectivity index (χ0n) is 31.5. The van der Waals surface area contributed by atoms with Crippen molar-refractivity contribution < 1.29 is 0 Å². The second-order valence-electron chi connectivity index (χ2n) is 14.1. The van der Waals surface area contributed by atoms with Crippen LogP contribution in [0.25, 0.3) is 32.7 Å². The lowest BCUT2D eigenvalue weighted by Crippen LogP contribution is -2.17. The van der Waals surface area contributed by atoms with E-state index in [4.69, 9.17) is 5.73 Å². The molecule has 0 amide bonds. The van der Waals surface area contributed by atoms with Crippen molar-refractivity contribution in [3.63, 3.8) is 0 Å². The number of rotatable bonds is 10. The van der Waals surface area contributed by atoms with Gasteiger partial charge in [-0.15, -0.1) is 0 Å². The van der Waals surface area contributed by atoms with Crippen LogP contribution in [-0.2, 0) is 6.54 Å². The first-order valence-electron chi connectivity index (χ1n) is 18.8. The summed E-state index contributed by atoms with van der Waals surface area (Å²) in [6.45, 7) is 7.90. The van der Waals surface area contributed by atoms with Gasteiger partial charge < -0.3 is 20.4 Å². The molecular formula is C50H46N4. The number of hydrogen-bond acceptors (Lipinski definition) is 4. The van der Waals surface area contributed by atoms with Gasteiger partial charge in [-0.25, -0.2) is 0 Å². The maximum Gasteiger partial charge on any atom is 0.0541 e. The van der Waals surface area contributed by atoms with Crippen LogP contribution >= 0.6 is 0 Å². The molecule has 54 heavy (non-hydrogen) atoms. The fraction of sp³-hybridized carbons (Fsp3) is 0.120. The fourth-order valence-electron chi connectivity index (χ4n) is 7.53. The van der Waals surface area contributed by atoms with E-state index in [1.54, 1.807) is 0 Å². The Kier molecular flexibility index (Phi) is 9.60. The molecule has 0 fully saturated rings. The van der Waals surface area contributed by atoms with Crippen LogP contribution < -0.4 is 20.4 Å². The van der Waals surface area contributed by atoms with Crippen molar-refractivity contribution in [1.29, 1.82) is 0 Å². The highest BCUT2D eigenvalue weighted by molar-refractivity contribution is 6.05. The third-order valence-electron chi connectivity index (χ3n) is 10.6. The van der Waals surface area contributed by atoms with Crippen LogP contribution in [0.3, 0.4) is 0 Å². The largest absolute Gasteiger partial charge is 0.374 e. The summed E-state index contributed by atoms with van der Waals surface area (Å²) in [5.74, 6) is 0. The molecule has 0 saturated heterocycles. The van der Waals surface area contributed by atoms with Gasteiger partial charge >= 0.3 is 0 Å². The second-order valence-corrected chi connectivity index (χ2v) is 14.1. The van der Waals surface area contributed by atoms with Gasteiger partial charge in [-0.05, 0) is 110 Å². The summed E-state index contributed by atoms with van der Waals surface area (Å²) in [5.41, 5.74) is 20.1. The van der Waals surface area contributed by atoms with Gasteiger partial charge in [-0.2, -0.15) is 0 Å². The van der Waals surface area contributed by atoms with E-state index in [0.29, 0.717) is 6.54 Å². The van der Waals surface area contributed by atoms with E-state index >= 15 is 0 Å². The van der Waals surface area contributed by atoms with Gasteiger partial charge in [0.2, 0.25) is 0 Å². The zero-order chi connectivity index (χ0) is 37.2. The molecule has 8 aromatic carbocycles. The molecule has 0 radical (unpaired) electrons. The molecule has 2 N–H and O–H groups in total. The molecule has 0 heterocycles. The van der Waals surface area contributed by atoms with Crippen molar-refractivity contribution in [2.45, 2.75) is 27.3 Å². The van der Waals surface area contributed by atoms with Crippen LogP contribution in [0.15, 0.2) is 170 Å². The molecule has 0 aromatic heterocycles. The first-order chi connectivity index (χ1) is 26.4. The number of aryl methyl sites for hydroxylation is 2. The molecule has 266 valence electrons. The number of fused-ring (bicyclic) bond motifs is 2. The summed E-state index contributed by atoms with van der Waals surface area (Å²) in [7, 11) is 2.16. The Morgan fingerprint density at radius 3 is 1.19 bits per heavy atom. The lowest BCUT2D eigenvalue weighted by molar-refractivity contribution is 0.974. The monoisotopic (exact) mass is 702 g/mol. The average Bonchev–Trinajstić information content (AvgIpc) is 3.22. The van der Waals surface area contributed by atoms with Crippen molar-refractivity contribution in [2.75, 3.05) is 28.3 Å². The molecule has 4 heteroatoms. The van der Waals surface area contributed by atoms with E-state index < -0.39 is 0 Å². The number of nitrogens with two attached hydrogens (primary N) is 1. The Morgan fingerprint density at radius 1 is 0.407 bits per heavy atom. The minimum Gasteiger partial charge on any atom is -0.374 e. The summed E-state index contributed by atoms with van der Waals surface area (Å²) >= 11 is 0. The van der Waals surface area contributed by atoms with Gasteiger partial charge in [0.1, 0.15) is 0 Å². The average molecular weight is 703 g/mol. The molecule has 4 nitrogen and oxygen atoms in total. The summed E-state index contributed by atoms with van der Waals surface area (Å²) in [6.07, 6.45) is 0. The summed E-state index contributed by atoms with van der Waals surface area (Å²) in [5, 5.41) is 4.83. The van der Waals surface area contributed by atoms with Crippen LogP contribution in [0.4, 0.5) is 39.8 Å². The standard InChI is InChI=1S/C50H46N4/c1-5-52(4)48-32-33-50(47-13-9-8-12-46(47)48)54(41-25-16-36(3)17-26-41)43-29-20-38(21-30-43)37-18-27-42(28-19-37)53(40-23-14-35(2)15-24-40)49-31-22-39(34-51)44-10-6-7-11-45(44)49/h6-33H,5,34,51H2,1-4H3. The minimum atomic E-state index is 0.501. The molecule has 0 saturated carbocycles. The van der Waals surface area contributed by atoms with E-state index in [2.05, 4.69) is 212 Å². The topological polar surface area (TPSA) is 35.7 Å². The maximum atomic E-state index is 6.17. The normalized spacial score (nSPS) is 11.2. The molecule has 8 aromatic rings. The Hall–Kier alpha value is -6.36. The van der Waals surface area contributed by atoms with Gasteiger partial charge in [0, 0.05) is 64.7 Å². The van der Waals surface area contributed by atoms with Gasteiger partial charge in [0.15, 0.2) is 0 Å². The SMILES string of the molecule is CCN(C)c1ccc(N(c2ccc(C)cc2)c2ccc(-c3ccc(N(c4ccc(C)cc4)c4ccc(CN)c5ccccc45)cc3)cc2)c2ccccc12. The van der Waals surface area contributed by atoms with Crippen LogP contribution in [-0.4, -0.2) is 13.6 Å². The number of hydrogen-bond donors (Lipinski definition) is 1. The zero-order valence-corrected chi connectivity index (χ0v) is 31.5. The van der Waals surface area contributed by atoms with Crippen molar-refractivity contribution in [2.24, 2.45) is 5.73 Å². The highest BCUT2D eigenvalue weighted by atomic mass is 15.2. The van der Waals surface area contributed by atoms with Crippen LogP contribution in [0, 0.1) is 13.8 Å². The summed E-state index contributed by atoms with van der Waals surface area (Å²) in [6, 6.07) is 61.7. The van der Waals surface area contributed by atoms with Crippen molar-refractivity contribution in [1.82, 2.24) is 0 Å². The first-order valence-corrected chi connectivity index (χ1v) is 18.8. The predicted molar refractivity (Wildman–Crippen MR) is 233 cm³/mol. The molecule has 8 rings (SSSR count). The van der Waals surface area contributed by atoms with Gasteiger partial charge in [-0.3, -0.25) is 0 Å². The van der Waals surface area contributed by atoms with Crippen molar-refractivity contribution >= 4 is 61.4 Å². The number of nitrogens with zero attached hydrogens (tertiary/aromatic N) is 3. The Balaban J connectivity index is 1.17. The molecular weight excluding hydrogens is 657 g/mol. The van der Waals surface area contributed by atoms with E-state index in [9.17, 15) is 0 Å². The van der Waals surface area contributed by atoms with E-state index in [-0.39, 0.29) is 0 Å². The Morgan fingerprint density at radius 2 is 0.759 bits per heavy atom. The quantitative estimate of drug-likeness (QED) is 0.154. The number of benzene rings is 8. The fourth-order valence-corrected chi connectivity index (χ4v) is 7.53. The maximum absolute atomic E-state index is 6.17. The lowest BCUT2D eigenvalue weighted by atomic mass is 10.0.